The molecular weight excluding hydrogens is 270 g/mol. The normalized spacial score (nSPS) is 18.6. The molecule has 7 nitrogen and oxygen atoms in total. The molecule has 0 aliphatic carbocycles. The standard InChI is InChI=1S/C14H25N5O2/c1-11(14(20)16-6-10-21-2)18-7-3-12(4-8-18)19-9-5-13(15)17-19/h5,9,11-12H,3-4,6-8,10H2,1-2H3,(H2,15,17)(H,16,20). The van der Waals surface area contributed by atoms with Crippen molar-refractivity contribution in [2.45, 2.75) is 31.8 Å². The molecule has 2 rings (SSSR count). The Kier molecular flexibility index (Phi) is 5.58. The van der Waals surface area contributed by atoms with Gasteiger partial charge in [-0.05, 0) is 25.8 Å². The highest BCUT2D eigenvalue weighted by atomic mass is 16.5. The lowest BCUT2D eigenvalue weighted by molar-refractivity contribution is -0.126. The first-order valence-corrected chi connectivity index (χ1v) is 7.43. The fourth-order valence-electron chi connectivity index (χ4n) is 2.68. The van der Waals surface area contributed by atoms with Crippen LogP contribution in [0.3, 0.4) is 0 Å². The molecule has 1 aliphatic rings. The number of nitrogens with two attached hydrogens (primary N) is 1. The van der Waals surface area contributed by atoms with Gasteiger partial charge in [-0.15, -0.1) is 0 Å². The van der Waals surface area contributed by atoms with Gasteiger partial charge in [0.1, 0.15) is 5.82 Å². The summed E-state index contributed by atoms with van der Waals surface area (Å²) in [5.74, 6) is 0.622. The quantitative estimate of drug-likeness (QED) is 0.735. The number of nitrogen functional groups attached to an aromatic ring is 1. The summed E-state index contributed by atoms with van der Waals surface area (Å²) < 4.78 is 6.87. The second kappa shape index (κ2) is 7.42. The van der Waals surface area contributed by atoms with E-state index in [-0.39, 0.29) is 11.9 Å². The highest BCUT2D eigenvalue weighted by molar-refractivity contribution is 5.81. The maximum atomic E-state index is 12.0. The lowest BCUT2D eigenvalue weighted by atomic mass is 10.0. The molecule has 0 radical (unpaired) electrons. The van der Waals surface area contributed by atoms with E-state index in [2.05, 4.69) is 15.3 Å². The number of aromatic nitrogens is 2. The molecule has 1 aliphatic heterocycles. The van der Waals surface area contributed by atoms with Gasteiger partial charge in [0.2, 0.25) is 5.91 Å². The molecule has 1 aromatic heterocycles. The Balaban J connectivity index is 1.78. The number of nitrogens with zero attached hydrogens (tertiary/aromatic N) is 3. The van der Waals surface area contributed by atoms with Crippen LogP contribution in [0.2, 0.25) is 0 Å². The van der Waals surface area contributed by atoms with Crippen molar-refractivity contribution in [3.05, 3.63) is 12.3 Å². The minimum atomic E-state index is -0.106. The molecule has 1 aromatic rings. The van der Waals surface area contributed by atoms with Gasteiger partial charge in [-0.3, -0.25) is 14.4 Å². The fourth-order valence-corrected chi connectivity index (χ4v) is 2.68. The van der Waals surface area contributed by atoms with Crippen LogP contribution in [0.5, 0.6) is 0 Å². The number of ether oxygens (including phenoxy) is 1. The molecule has 7 heteroatoms. The van der Waals surface area contributed by atoms with Crippen molar-refractivity contribution >= 4 is 11.7 Å². The monoisotopic (exact) mass is 295 g/mol. The minimum Gasteiger partial charge on any atom is -0.383 e. The Morgan fingerprint density at radius 3 is 2.86 bits per heavy atom. The summed E-state index contributed by atoms with van der Waals surface area (Å²) in [6.45, 7) is 4.84. The predicted molar refractivity (Wildman–Crippen MR) is 80.8 cm³/mol. The third-order valence-electron chi connectivity index (χ3n) is 4.03. The lowest BCUT2D eigenvalue weighted by Gasteiger charge is -2.35. The lowest BCUT2D eigenvalue weighted by Crippen LogP contribution is -2.49. The number of piperidine rings is 1. The van der Waals surface area contributed by atoms with Gasteiger partial charge in [-0.1, -0.05) is 0 Å². The van der Waals surface area contributed by atoms with E-state index in [1.165, 1.54) is 0 Å². The number of hydrogen-bond acceptors (Lipinski definition) is 5. The summed E-state index contributed by atoms with van der Waals surface area (Å²) in [6.07, 6.45) is 3.89. The molecule has 1 atom stereocenters. The van der Waals surface area contributed by atoms with Crippen LogP contribution in [0.25, 0.3) is 0 Å². The van der Waals surface area contributed by atoms with Crippen molar-refractivity contribution in [3.8, 4) is 0 Å². The topological polar surface area (TPSA) is 85.4 Å². The molecule has 1 saturated heterocycles. The first-order valence-electron chi connectivity index (χ1n) is 7.43. The minimum absolute atomic E-state index is 0.0637. The highest BCUT2D eigenvalue weighted by Gasteiger charge is 2.27. The van der Waals surface area contributed by atoms with E-state index in [1.54, 1.807) is 7.11 Å². The van der Waals surface area contributed by atoms with Crippen LogP contribution in [0, 0.1) is 0 Å². The summed E-state index contributed by atoms with van der Waals surface area (Å²) in [7, 11) is 1.63. The molecule has 118 valence electrons. The zero-order chi connectivity index (χ0) is 15.2. The number of amides is 1. The Bertz CT molecular complexity index is 454. The predicted octanol–water partition coefficient (Wildman–Crippen LogP) is 0.253. The molecule has 1 fully saturated rings. The fraction of sp³-hybridized carbons (Fsp3) is 0.714. The zero-order valence-corrected chi connectivity index (χ0v) is 12.8. The van der Waals surface area contributed by atoms with Crippen molar-refractivity contribution in [2.75, 3.05) is 39.1 Å². The molecule has 21 heavy (non-hydrogen) atoms. The van der Waals surface area contributed by atoms with Gasteiger partial charge in [-0.25, -0.2) is 0 Å². The zero-order valence-electron chi connectivity index (χ0n) is 12.8. The van der Waals surface area contributed by atoms with E-state index < -0.39 is 0 Å². The van der Waals surface area contributed by atoms with Gasteiger partial charge >= 0.3 is 0 Å². The summed E-state index contributed by atoms with van der Waals surface area (Å²) >= 11 is 0. The number of hydrogen-bond donors (Lipinski definition) is 2. The number of likely N-dealkylation sites (tertiary alicyclic amines) is 1. The maximum Gasteiger partial charge on any atom is 0.237 e. The number of carbonyl (C=O) groups is 1. The van der Waals surface area contributed by atoms with Crippen LogP contribution < -0.4 is 11.1 Å². The molecule has 0 saturated carbocycles. The van der Waals surface area contributed by atoms with E-state index in [0.29, 0.717) is 25.0 Å². The number of anilines is 1. The summed E-state index contributed by atoms with van der Waals surface area (Å²) in [6, 6.07) is 2.09. The van der Waals surface area contributed by atoms with Crippen LogP contribution in [-0.4, -0.2) is 60.0 Å². The van der Waals surface area contributed by atoms with E-state index >= 15 is 0 Å². The Labute approximate surface area is 125 Å². The largest absolute Gasteiger partial charge is 0.383 e. The molecular formula is C14H25N5O2. The summed E-state index contributed by atoms with van der Waals surface area (Å²) in [5, 5.41) is 7.16. The Hall–Kier alpha value is -1.60. The van der Waals surface area contributed by atoms with Crippen molar-refractivity contribution < 1.29 is 9.53 Å². The Morgan fingerprint density at radius 1 is 1.57 bits per heavy atom. The van der Waals surface area contributed by atoms with E-state index in [0.717, 1.165) is 25.9 Å². The van der Waals surface area contributed by atoms with Gasteiger partial charge in [0.25, 0.3) is 0 Å². The molecule has 0 spiro atoms. The molecule has 2 heterocycles. The van der Waals surface area contributed by atoms with Crippen LogP contribution in [-0.2, 0) is 9.53 Å². The van der Waals surface area contributed by atoms with Crippen molar-refractivity contribution in [2.24, 2.45) is 0 Å². The third-order valence-corrected chi connectivity index (χ3v) is 4.03. The van der Waals surface area contributed by atoms with Gasteiger partial charge in [0.05, 0.1) is 18.7 Å². The number of rotatable bonds is 6. The van der Waals surface area contributed by atoms with E-state index in [1.807, 2.05) is 23.9 Å². The first-order chi connectivity index (χ1) is 10.1. The van der Waals surface area contributed by atoms with E-state index in [4.69, 9.17) is 10.5 Å². The van der Waals surface area contributed by atoms with Crippen LogP contribution in [0.4, 0.5) is 5.82 Å². The second-order valence-corrected chi connectivity index (χ2v) is 5.45. The smallest absolute Gasteiger partial charge is 0.237 e. The highest BCUT2D eigenvalue weighted by Crippen LogP contribution is 2.23. The molecule has 3 N–H and O–H groups in total. The van der Waals surface area contributed by atoms with Crippen LogP contribution in [0.15, 0.2) is 12.3 Å². The van der Waals surface area contributed by atoms with Crippen molar-refractivity contribution in [1.82, 2.24) is 20.0 Å². The first kappa shape index (κ1) is 15.8. The number of carbonyl (C=O) groups excluding carboxylic acids is 1. The summed E-state index contributed by atoms with van der Waals surface area (Å²) in [5.41, 5.74) is 5.65. The van der Waals surface area contributed by atoms with Gasteiger partial charge in [-0.2, -0.15) is 5.10 Å². The van der Waals surface area contributed by atoms with E-state index in [9.17, 15) is 4.79 Å². The Morgan fingerprint density at radius 2 is 2.29 bits per heavy atom. The van der Waals surface area contributed by atoms with Crippen LogP contribution >= 0.6 is 0 Å². The maximum absolute atomic E-state index is 12.0. The van der Waals surface area contributed by atoms with Crippen molar-refractivity contribution in [1.29, 1.82) is 0 Å². The van der Waals surface area contributed by atoms with Crippen LogP contribution in [0.1, 0.15) is 25.8 Å². The molecule has 0 aromatic carbocycles. The van der Waals surface area contributed by atoms with Gasteiger partial charge < -0.3 is 15.8 Å². The average molecular weight is 295 g/mol. The molecule has 1 amide bonds. The van der Waals surface area contributed by atoms with Gasteiger partial charge in [0, 0.05) is 32.9 Å². The molecule has 0 bridgehead atoms. The average Bonchev–Trinajstić information content (AvgIpc) is 2.93. The summed E-state index contributed by atoms with van der Waals surface area (Å²) in [4.78, 5) is 14.2. The number of methoxy groups -OCH3 is 1. The molecule has 1 unspecified atom stereocenters. The van der Waals surface area contributed by atoms with Crippen molar-refractivity contribution in [3.63, 3.8) is 0 Å². The SMILES string of the molecule is COCCNC(=O)C(C)N1CCC(n2ccc(N)n2)CC1. The number of nitrogens with one attached hydrogen (secondary N) is 1. The van der Waals surface area contributed by atoms with Gasteiger partial charge in [0.15, 0.2) is 0 Å². The third kappa shape index (κ3) is 4.18. The second-order valence-electron chi connectivity index (χ2n) is 5.45.